The number of ether oxygens (including phenoxy) is 4. The lowest BCUT2D eigenvalue weighted by atomic mass is 9.96. The van der Waals surface area contributed by atoms with E-state index >= 15 is 0 Å². The molecule has 0 bridgehead atoms. The number of methoxy groups -OCH3 is 2. The summed E-state index contributed by atoms with van der Waals surface area (Å²) in [7, 11) is 3.33. The molecule has 1 amide bonds. The molecule has 1 saturated heterocycles. The van der Waals surface area contributed by atoms with Crippen molar-refractivity contribution in [1.29, 1.82) is 0 Å². The number of nitrogens with one attached hydrogen (secondary N) is 1. The van der Waals surface area contributed by atoms with Gasteiger partial charge in [0.25, 0.3) is 0 Å². The fraction of sp³-hybridized carbons (Fsp3) is 0.409. The van der Waals surface area contributed by atoms with E-state index in [1.165, 1.54) is 11.1 Å². The molecule has 2 aliphatic rings. The molecular weight excluding hydrogens is 684 g/mol. The number of unbranched alkanes of at least 4 members (excludes halogenated alkanes) is 3. The summed E-state index contributed by atoms with van der Waals surface area (Å²) in [5.41, 5.74) is 8.45. The first-order valence-corrected chi connectivity index (χ1v) is 19.0. The van der Waals surface area contributed by atoms with Gasteiger partial charge in [0.05, 0.1) is 33.0 Å². The molecule has 2 aliphatic heterocycles. The van der Waals surface area contributed by atoms with Crippen molar-refractivity contribution in [2.24, 2.45) is 0 Å². The molecule has 3 N–H and O–H groups in total. The normalized spacial score (nSPS) is 18.5. The SMILES string of the molecule is COc1cc2c(cc1OC)CN(CC1CC(c3ccc(CO)cc3)OC(c3ccc(-c4ccccc4CNC(=O)CCCCCCC(=O)O)cc3)O1)CC2. The van der Waals surface area contributed by atoms with Gasteiger partial charge in [-0.2, -0.15) is 0 Å². The van der Waals surface area contributed by atoms with Crippen LogP contribution in [0.25, 0.3) is 11.1 Å². The predicted octanol–water partition coefficient (Wildman–Crippen LogP) is 7.51. The van der Waals surface area contributed by atoms with Crippen LogP contribution in [0.2, 0.25) is 0 Å². The zero-order valence-corrected chi connectivity index (χ0v) is 31.3. The van der Waals surface area contributed by atoms with Crippen molar-refractivity contribution in [2.45, 2.75) is 89.6 Å². The molecule has 10 heteroatoms. The van der Waals surface area contributed by atoms with Crippen molar-refractivity contribution in [2.75, 3.05) is 27.3 Å². The highest BCUT2D eigenvalue weighted by Gasteiger charge is 2.34. The number of aliphatic hydroxyl groups is 1. The second-order valence-electron chi connectivity index (χ2n) is 14.2. The Labute approximate surface area is 318 Å². The number of carbonyl (C=O) groups is 2. The maximum absolute atomic E-state index is 12.6. The number of amides is 1. The highest BCUT2D eigenvalue weighted by Crippen LogP contribution is 2.40. The van der Waals surface area contributed by atoms with E-state index < -0.39 is 12.3 Å². The fourth-order valence-corrected chi connectivity index (χ4v) is 7.39. The van der Waals surface area contributed by atoms with Gasteiger partial charge in [-0.05, 0) is 70.3 Å². The van der Waals surface area contributed by atoms with Crippen LogP contribution in [0, 0.1) is 0 Å². The van der Waals surface area contributed by atoms with Crippen molar-refractivity contribution >= 4 is 11.9 Å². The molecule has 286 valence electrons. The first kappa shape index (κ1) is 39.0. The summed E-state index contributed by atoms with van der Waals surface area (Å²) in [5.74, 6) is 0.710. The van der Waals surface area contributed by atoms with Crippen LogP contribution in [-0.4, -0.2) is 60.4 Å². The minimum Gasteiger partial charge on any atom is -0.493 e. The lowest BCUT2D eigenvalue weighted by molar-refractivity contribution is -0.253. The van der Waals surface area contributed by atoms with E-state index in [0.29, 0.717) is 25.8 Å². The van der Waals surface area contributed by atoms with Crippen LogP contribution in [0.1, 0.15) is 90.7 Å². The minimum atomic E-state index is -0.777. The number of hydrogen-bond acceptors (Lipinski definition) is 8. The molecule has 1 fully saturated rings. The minimum absolute atomic E-state index is 0.00573. The Morgan fingerprint density at radius 3 is 2.22 bits per heavy atom. The summed E-state index contributed by atoms with van der Waals surface area (Å²) in [5, 5.41) is 21.5. The summed E-state index contributed by atoms with van der Waals surface area (Å²) in [6, 6.07) is 28.5. The van der Waals surface area contributed by atoms with Gasteiger partial charge in [0, 0.05) is 51.0 Å². The van der Waals surface area contributed by atoms with Crippen molar-refractivity contribution in [3.05, 3.63) is 118 Å². The number of aliphatic carboxylic acids is 1. The average Bonchev–Trinajstić information content (AvgIpc) is 3.20. The van der Waals surface area contributed by atoms with Crippen LogP contribution in [0.15, 0.2) is 84.9 Å². The maximum atomic E-state index is 12.6. The number of nitrogens with zero attached hydrogens (tertiary/aromatic N) is 1. The van der Waals surface area contributed by atoms with Crippen LogP contribution < -0.4 is 14.8 Å². The molecular formula is C44H52N2O8. The van der Waals surface area contributed by atoms with Gasteiger partial charge in [-0.1, -0.05) is 85.6 Å². The Morgan fingerprint density at radius 2 is 1.52 bits per heavy atom. The van der Waals surface area contributed by atoms with Crippen molar-refractivity contribution < 1.29 is 38.7 Å². The Bertz CT molecular complexity index is 1840. The Kier molecular flexibility index (Phi) is 13.7. The predicted molar refractivity (Wildman–Crippen MR) is 206 cm³/mol. The van der Waals surface area contributed by atoms with Crippen LogP contribution >= 0.6 is 0 Å². The standard InChI is InChI=1S/C44H52N2O8/c1-51-40-23-34-21-22-46(27-36(34)24-41(40)52-2)28-37-25-39(32-15-13-30(29-47)14-16-32)54-44(53-37)33-19-17-31(18-20-33)38-10-8-7-9-35(38)26-45-42(48)11-5-3-4-6-12-43(49)50/h7-10,13-20,23-24,37,39,44,47H,3-6,11-12,21-22,25-29H2,1-2H3,(H,45,48)(H,49,50). The third-order valence-electron chi connectivity index (χ3n) is 10.4. The van der Waals surface area contributed by atoms with Gasteiger partial charge in [0.1, 0.15) is 0 Å². The summed E-state index contributed by atoms with van der Waals surface area (Å²) < 4.78 is 24.5. The van der Waals surface area contributed by atoms with Crippen LogP contribution in [-0.2, 0) is 45.2 Å². The number of fused-ring (bicyclic) bond motifs is 1. The quantitative estimate of drug-likeness (QED) is 0.0945. The van der Waals surface area contributed by atoms with E-state index in [1.807, 2.05) is 42.5 Å². The Balaban J connectivity index is 1.12. The van der Waals surface area contributed by atoms with Gasteiger partial charge >= 0.3 is 5.97 Å². The number of rotatable bonds is 17. The van der Waals surface area contributed by atoms with E-state index in [2.05, 4.69) is 52.7 Å². The smallest absolute Gasteiger partial charge is 0.303 e. The van der Waals surface area contributed by atoms with Crippen molar-refractivity contribution in [1.82, 2.24) is 10.2 Å². The zero-order chi connectivity index (χ0) is 37.9. The van der Waals surface area contributed by atoms with Crippen molar-refractivity contribution in [3.8, 4) is 22.6 Å². The van der Waals surface area contributed by atoms with Gasteiger partial charge in [0.2, 0.25) is 5.91 Å². The van der Waals surface area contributed by atoms with Gasteiger partial charge in [0.15, 0.2) is 17.8 Å². The number of carboxylic acids is 1. The lowest BCUT2D eigenvalue weighted by Gasteiger charge is -2.39. The highest BCUT2D eigenvalue weighted by atomic mass is 16.7. The Morgan fingerprint density at radius 1 is 0.833 bits per heavy atom. The summed E-state index contributed by atoms with van der Waals surface area (Å²) in [6.07, 6.45) is 4.42. The molecule has 4 aromatic carbocycles. The third-order valence-corrected chi connectivity index (χ3v) is 10.4. The van der Waals surface area contributed by atoms with Gasteiger partial charge in [-0.25, -0.2) is 0 Å². The third kappa shape index (κ3) is 10.3. The topological polar surface area (TPSA) is 127 Å². The van der Waals surface area contributed by atoms with Gasteiger partial charge in [-0.15, -0.1) is 0 Å². The molecule has 54 heavy (non-hydrogen) atoms. The van der Waals surface area contributed by atoms with Crippen LogP contribution in [0.3, 0.4) is 0 Å². The van der Waals surface area contributed by atoms with E-state index in [9.17, 15) is 14.7 Å². The van der Waals surface area contributed by atoms with E-state index in [0.717, 1.165) is 90.2 Å². The van der Waals surface area contributed by atoms with Crippen LogP contribution in [0.5, 0.6) is 11.5 Å². The van der Waals surface area contributed by atoms with Crippen molar-refractivity contribution in [3.63, 3.8) is 0 Å². The molecule has 0 radical (unpaired) electrons. The first-order chi connectivity index (χ1) is 26.3. The number of carbonyl (C=O) groups excluding carboxylic acids is 1. The second-order valence-corrected chi connectivity index (χ2v) is 14.2. The van der Waals surface area contributed by atoms with Gasteiger partial charge < -0.3 is 34.5 Å². The Hall–Kier alpha value is -4.74. The average molecular weight is 737 g/mol. The molecule has 3 atom stereocenters. The first-order valence-electron chi connectivity index (χ1n) is 19.0. The number of aliphatic hydroxyl groups excluding tert-OH is 1. The molecule has 2 heterocycles. The lowest BCUT2D eigenvalue weighted by Crippen LogP contribution is -2.41. The molecule has 10 nitrogen and oxygen atoms in total. The number of hydrogen-bond donors (Lipinski definition) is 3. The van der Waals surface area contributed by atoms with E-state index in [1.54, 1.807) is 14.2 Å². The number of carboxylic acid groups (broad SMARTS) is 1. The molecule has 6 rings (SSSR count). The summed E-state index contributed by atoms with van der Waals surface area (Å²) in [6.45, 7) is 2.87. The summed E-state index contributed by atoms with van der Waals surface area (Å²) in [4.78, 5) is 25.7. The van der Waals surface area contributed by atoms with E-state index in [4.69, 9.17) is 24.1 Å². The molecule has 0 spiro atoms. The molecule has 0 saturated carbocycles. The highest BCUT2D eigenvalue weighted by molar-refractivity contribution is 5.76. The maximum Gasteiger partial charge on any atom is 0.303 e. The zero-order valence-electron chi connectivity index (χ0n) is 31.3. The number of benzene rings is 4. The van der Waals surface area contributed by atoms with Crippen LogP contribution in [0.4, 0.5) is 0 Å². The summed E-state index contributed by atoms with van der Waals surface area (Å²) >= 11 is 0. The second kappa shape index (κ2) is 19.0. The molecule has 3 unspecified atom stereocenters. The fourth-order valence-electron chi connectivity index (χ4n) is 7.39. The monoisotopic (exact) mass is 736 g/mol. The van der Waals surface area contributed by atoms with Gasteiger partial charge in [-0.3, -0.25) is 14.5 Å². The largest absolute Gasteiger partial charge is 0.493 e. The van der Waals surface area contributed by atoms with E-state index in [-0.39, 0.29) is 31.1 Å². The molecule has 0 aliphatic carbocycles. The molecule has 4 aromatic rings. The molecule has 0 aromatic heterocycles.